The van der Waals surface area contributed by atoms with Crippen LogP contribution in [0, 0.1) is 5.92 Å². The maximum atomic E-state index is 12.8. The number of hydrogen-bond acceptors (Lipinski definition) is 6. The van der Waals surface area contributed by atoms with Crippen molar-refractivity contribution in [3.05, 3.63) is 47.0 Å². The summed E-state index contributed by atoms with van der Waals surface area (Å²) in [6.45, 7) is 0. The number of anilines is 2. The van der Waals surface area contributed by atoms with Crippen molar-refractivity contribution in [1.29, 1.82) is 0 Å². The molecule has 0 radical (unpaired) electrons. The number of amides is 1. The largest absolute Gasteiger partial charge is 0.481 e. The normalized spacial score (nSPS) is 18.5. The van der Waals surface area contributed by atoms with Crippen molar-refractivity contribution >= 4 is 67.1 Å². The van der Waals surface area contributed by atoms with Crippen molar-refractivity contribution in [2.24, 2.45) is 13.0 Å². The minimum atomic E-state index is -0.751. The van der Waals surface area contributed by atoms with Crippen molar-refractivity contribution in [3.8, 4) is 0 Å². The molecule has 1 aliphatic rings. The molecule has 1 saturated carbocycles. The van der Waals surface area contributed by atoms with Gasteiger partial charge in [-0.25, -0.2) is 9.97 Å². The van der Waals surface area contributed by atoms with Crippen molar-refractivity contribution < 1.29 is 14.7 Å². The molecule has 2 heterocycles. The summed E-state index contributed by atoms with van der Waals surface area (Å²) < 4.78 is 2.91. The lowest BCUT2D eigenvalue weighted by atomic mass is 9.86. The first kappa shape index (κ1) is 21.7. The van der Waals surface area contributed by atoms with Gasteiger partial charge in [0.15, 0.2) is 5.13 Å². The van der Waals surface area contributed by atoms with E-state index in [-0.39, 0.29) is 17.9 Å². The number of aliphatic carboxylic acids is 1. The molecular weight excluding hydrogens is 462 g/mol. The summed E-state index contributed by atoms with van der Waals surface area (Å²) in [6.07, 6.45) is 2.53. The first-order valence-corrected chi connectivity index (χ1v) is 11.9. The van der Waals surface area contributed by atoms with E-state index >= 15 is 0 Å². The zero-order chi connectivity index (χ0) is 23.1. The molecule has 10 heteroatoms. The lowest BCUT2D eigenvalue weighted by Gasteiger charge is -2.26. The zero-order valence-electron chi connectivity index (χ0n) is 17.8. The van der Waals surface area contributed by atoms with Crippen LogP contribution in [0.3, 0.4) is 0 Å². The van der Waals surface area contributed by atoms with Crippen molar-refractivity contribution in [2.45, 2.75) is 31.7 Å². The molecule has 8 nitrogen and oxygen atoms in total. The van der Waals surface area contributed by atoms with Crippen LogP contribution in [0.15, 0.2) is 36.4 Å². The number of nitrogens with one attached hydrogen (secondary N) is 2. The molecule has 0 unspecified atom stereocenters. The Bertz CT molecular complexity index is 1370. The monoisotopic (exact) mass is 483 g/mol. The van der Waals surface area contributed by atoms with Gasteiger partial charge in [0, 0.05) is 23.7 Å². The zero-order valence-corrected chi connectivity index (χ0v) is 19.4. The third kappa shape index (κ3) is 4.38. The van der Waals surface area contributed by atoms with Gasteiger partial charge in [0.25, 0.3) is 5.91 Å². The first-order chi connectivity index (χ1) is 15.9. The minimum Gasteiger partial charge on any atom is -0.481 e. The molecule has 1 aliphatic carbocycles. The Morgan fingerprint density at radius 1 is 1.09 bits per heavy atom. The molecule has 33 heavy (non-hydrogen) atoms. The molecule has 0 bridgehead atoms. The number of benzene rings is 2. The van der Waals surface area contributed by atoms with E-state index < -0.39 is 5.97 Å². The molecule has 0 saturated heterocycles. The van der Waals surface area contributed by atoms with Gasteiger partial charge >= 0.3 is 5.97 Å². The number of aryl methyl sites for hydroxylation is 1. The summed E-state index contributed by atoms with van der Waals surface area (Å²) in [6, 6.07) is 11.0. The molecule has 5 rings (SSSR count). The van der Waals surface area contributed by atoms with Crippen LogP contribution in [0.2, 0.25) is 5.02 Å². The Balaban J connectivity index is 1.32. The standard InChI is InChI=1S/C23H22ClN5O3S/c1-29-18-9-4-13(20(30)25-15-6-2-12(3-7-15)21(31)32)10-17(18)26-22(29)28-23-27-16-8-5-14(24)11-19(16)33-23/h4-5,8-12,15H,2-3,6-7H2,1H3,(H,25,30)(H,31,32)(H,26,27,28)/t12-,15-. The van der Waals surface area contributed by atoms with Gasteiger partial charge < -0.3 is 20.3 Å². The average molecular weight is 484 g/mol. The van der Waals surface area contributed by atoms with Gasteiger partial charge in [-0.3, -0.25) is 9.59 Å². The molecule has 1 fully saturated rings. The fraction of sp³-hybridized carbons (Fsp3) is 0.304. The van der Waals surface area contributed by atoms with E-state index in [0.717, 1.165) is 15.7 Å². The highest BCUT2D eigenvalue weighted by atomic mass is 35.5. The number of carbonyl (C=O) groups excluding carboxylic acids is 1. The van der Waals surface area contributed by atoms with Crippen LogP contribution in [0.4, 0.5) is 11.1 Å². The van der Waals surface area contributed by atoms with Crippen molar-refractivity contribution in [3.63, 3.8) is 0 Å². The lowest BCUT2D eigenvalue weighted by Crippen LogP contribution is -2.38. The van der Waals surface area contributed by atoms with E-state index in [1.165, 1.54) is 11.3 Å². The van der Waals surface area contributed by atoms with E-state index in [4.69, 9.17) is 16.7 Å². The maximum Gasteiger partial charge on any atom is 0.306 e. The van der Waals surface area contributed by atoms with Crippen LogP contribution in [-0.2, 0) is 11.8 Å². The summed E-state index contributed by atoms with van der Waals surface area (Å²) >= 11 is 7.57. The Hall–Kier alpha value is -3.17. The van der Waals surface area contributed by atoms with Gasteiger partial charge in [-0.2, -0.15) is 0 Å². The molecular formula is C23H22ClN5O3S. The summed E-state index contributed by atoms with van der Waals surface area (Å²) in [7, 11) is 1.91. The molecule has 0 aliphatic heterocycles. The smallest absolute Gasteiger partial charge is 0.306 e. The van der Waals surface area contributed by atoms with Crippen LogP contribution in [0.5, 0.6) is 0 Å². The highest BCUT2D eigenvalue weighted by molar-refractivity contribution is 7.22. The molecule has 170 valence electrons. The second kappa shape index (κ2) is 8.64. The van der Waals surface area contributed by atoms with E-state index in [1.807, 2.05) is 35.9 Å². The molecule has 1 amide bonds. The predicted molar refractivity (Wildman–Crippen MR) is 129 cm³/mol. The second-order valence-corrected chi connectivity index (χ2v) is 9.78. The Morgan fingerprint density at radius 3 is 2.64 bits per heavy atom. The number of thiazole rings is 1. The number of imidazole rings is 1. The van der Waals surface area contributed by atoms with Crippen LogP contribution in [0.25, 0.3) is 21.3 Å². The third-order valence-corrected chi connectivity index (χ3v) is 7.29. The van der Waals surface area contributed by atoms with E-state index in [1.54, 1.807) is 12.1 Å². The van der Waals surface area contributed by atoms with Gasteiger partial charge in [0.1, 0.15) is 0 Å². The number of fused-ring (bicyclic) bond motifs is 2. The fourth-order valence-corrected chi connectivity index (χ4v) is 5.39. The Morgan fingerprint density at radius 2 is 1.88 bits per heavy atom. The Labute approximate surface area is 198 Å². The number of halogens is 1. The predicted octanol–water partition coefficient (Wildman–Crippen LogP) is 4.95. The van der Waals surface area contributed by atoms with Gasteiger partial charge in [-0.15, -0.1) is 0 Å². The number of carboxylic acids is 1. The summed E-state index contributed by atoms with van der Waals surface area (Å²) in [5, 5.41) is 16.8. The van der Waals surface area contributed by atoms with E-state index in [0.29, 0.717) is 52.9 Å². The average Bonchev–Trinajstić information content (AvgIpc) is 3.33. The highest BCUT2D eigenvalue weighted by Crippen LogP contribution is 2.31. The SMILES string of the molecule is Cn1c(Nc2nc3ccc(Cl)cc3s2)nc2cc(C(=O)N[C@H]3CC[C@H](C(=O)O)CC3)ccc21. The minimum absolute atomic E-state index is 0.00250. The van der Waals surface area contributed by atoms with Crippen molar-refractivity contribution in [1.82, 2.24) is 19.9 Å². The van der Waals surface area contributed by atoms with Gasteiger partial charge in [-0.05, 0) is 62.1 Å². The molecule has 2 aromatic heterocycles. The molecule has 3 N–H and O–H groups in total. The molecule has 4 aromatic rings. The first-order valence-electron chi connectivity index (χ1n) is 10.7. The van der Waals surface area contributed by atoms with E-state index in [2.05, 4.69) is 20.6 Å². The molecule has 2 aromatic carbocycles. The quantitative estimate of drug-likeness (QED) is 0.370. The maximum absolute atomic E-state index is 12.8. The van der Waals surface area contributed by atoms with Gasteiger partial charge in [-0.1, -0.05) is 22.9 Å². The number of carboxylic acid groups (broad SMARTS) is 1. The number of aromatic nitrogens is 3. The lowest BCUT2D eigenvalue weighted by molar-refractivity contribution is -0.142. The number of nitrogens with zero attached hydrogens (tertiary/aromatic N) is 3. The summed E-state index contributed by atoms with van der Waals surface area (Å²) in [5.41, 5.74) is 2.98. The molecule has 0 atom stereocenters. The molecule has 0 spiro atoms. The third-order valence-electron chi connectivity index (χ3n) is 6.12. The van der Waals surface area contributed by atoms with Crippen LogP contribution in [-0.4, -0.2) is 37.6 Å². The number of carbonyl (C=O) groups is 2. The Kier molecular flexibility index (Phi) is 5.67. The number of hydrogen-bond donors (Lipinski definition) is 3. The van der Waals surface area contributed by atoms with E-state index in [9.17, 15) is 9.59 Å². The summed E-state index contributed by atoms with van der Waals surface area (Å²) in [5.74, 6) is -0.598. The van der Waals surface area contributed by atoms with Gasteiger partial charge in [0.05, 0.1) is 27.2 Å². The number of rotatable bonds is 5. The summed E-state index contributed by atoms with van der Waals surface area (Å²) in [4.78, 5) is 33.2. The van der Waals surface area contributed by atoms with Crippen LogP contribution < -0.4 is 10.6 Å². The second-order valence-electron chi connectivity index (χ2n) is 8.31. The van der Waals surface area contributed by atoms with Crippen LogP contribution >= 0.6 is 22.9 Å². The van der Waals surface area contributed by atoms with Crippen LogP contribution in [0.1, 0.15) is 36.0 Å². The topological polar surface area (TPSA) is 109 Å². The van der Waals surface area contributed by atoms with Gasteiger partial charge in [0.2, 0.25) is 5.95 Å². The van der Waals surface area contributed by atoms with Crippen molar-refractivity contribution in [2.75, 3.05) is 5.32 Å². The highest BCUT2D eigenvalue weighted by Gasteiger charge is 2.27. The fourth-order valence-electron chi connectivity index (χ4n) is 4.25.